The monoisotopic (exact) mass is 303 g/mol. The van der Waals surface area contributed by atoms with Crippen LogP contribution in [0.4, 0.5) is 13.2 Å². The van der Waals surface area contributed by atoms with Crippen molar-refractivity contribution in [3.05, 3.63) is 29.8 Å². The molecule has 8 heteroatoms. The number of nitrogens with zero attached hydrogens (tertiary/aromatic N) is 1. The highest BCUT2D eigenvalue weighted by atomic mass is 19.4. The van der Waals surface area contributed by atoms with Gasteiger partial charge in [0.05, 0.1) is 0 Å². The number of ether oxygens (including phenoxy) is 1. The number of carbonyl (C=O) groups is 2. The molecule has 0 bridgehead atoms. The second-order valence-corrected chi connectivity index (χ2v) is 4.61. The lowest BCUT2D eigenvalue weighted by Crippen LogP contribution is -2.37. The van der Waals surface area contributed by atoms with Crippen molar-refractivity contribution in [3.8, 4) is 5.75 Å². The molecule has 1 saturated heterocycles. The number of hydrogen-bond acceptors (Lipinski definition) is 3. The van der Waals surface area contributed by atoms with Crippen LogP contribution in [0.3, 0.4) is 0 Å². The zero-order valence-corrected chi connectivity index (χ0v) is 10.8. The largest absolute Gasteiger partial charge is 0.573 e. The Kier molecular flexibility index (Phi) is 4.06. The van der Waals surface area contributed by atoms with E-state index in [1.165, 1.54) is 17.0 Å². The molecule has 1 fully saturated rings. The molecule has 1 atom stereocenters. The van der Waals surface area contributed by atoms with Crippen molar-refractivity contribution in [2.45, 2.75) is 31.8 Å². The molecule has 0 radical (unpaired) electrons. The number of carboxylic acids is 1. The van der Waals surface area contributed by atoms with E-state index in [1.807, 2.05) is 0 Å². The van der Waals surface area contributed by atoms with Crippen molar-refractivity contribution in [2.75, 3.05) is 0 Å². The number of carbonyl (C=O) groups excluding carboxylic acids is 1. The number of likely N-dealkylation sites (tertiary alicyclic amines) is 1. The van der Waals surface area contributed by atoms with Gasteiger partial charge >= 0.3 is 12.3 Å². The number of aliphatic carboxylic acids is 1. The SMILES string of the molecule is O=C(O)C1CCC(=O)N1Cc1ccc(OC(F)(F)F)cc1. The Balaban J connectivity index is 2.06. The van der Waals surface area contributed by atoms with Gasteiger partial charge < -0.3 is 14.7 Å². The van der Waals surface area contributed by atoms with Gasteiger partial charge in [-0.05, 0) is 24.1 Å². The van der Waals surface area contributed by atoms with Crippen molar-refractivity contribution in [2.24, 2.45) is 0 Å². The van der Waals surface area contributed by atoms with Crippen LogP contribution in [0.15, 0.2) is 24.3 Å². The summed E-state index contributed by atoms with van der Waals surface area (Å²) >= 11 is 0. The molecule has 1 aromatic rings. The van der Waals surface area contributed by atoms with Crippen LogP contribution in [0, 0.1) is 0 Å². The molecule has 1 amide bonds. The number of rotatable bonds is 4. The van der Waals surface area contributed by atoms with Crippen LogP contribution >= 0.6 is 0 Å². The number of benzene rings is 1. The van der Waals surface area contributed by atoms with E-state index in [1.54, 1.807) is 0 Å². The molecule has 1 N–H and O–H groups in total. The Labute approximate surface area is 117 Å². The standard InChI is InChI=1S/C13H12F3NO4/c14-13(15,16)21-9-3-1-8(2-4-9)7-17-10(12(19)20)5-6-11(17)18/h1-4,10H,5-7H2,(H,19,20). The average Bonchev–Trinajstić information content (AvgIpc) is 2.72. The fourth-order valence-electron chi connectivity index (χ4n) is 2.18. The average molecular weight is 303 g/mol. The second-order valence-electron chi connectivity index (χ2n) is 4.61. The third-order valence-electron chi connectivity index (χ3n) is 3.12. The molecule has 1 aliphatic heterocycles. The van der Waals surface area contributed by atoms with Crippen LogP contribution in [0.25, 0.3) is 0 Å². The minimum Gasteiger partial charge on any atom is -0.480 e. The van der Waals surface area contributed by atoms with Crippen molar-refractivity contribution >= 4 is 11.9 Å². The molecule has 0 spiro atoms. The maximum Gasteiger partial charge on any atom is 0.573 e. The molecule has 114 valence electrons. The quantitative estimate of drug-likeness (QED) is 0.925. The number of alkyl halides is 3. The van der Waals surface area contributed by atoms with E-state index in [2.05, 4.69) is 4.74 Å². The summed E-state index contributed by atoms with van der Waals surface area (Å²) in [5.41, 5.74) is 0.533. The molecule has 1 unspecified atom stereocenters. The molecular formula is C13H12F3NO4. The highest BCUT2D eigenvalue weighted by Gasteiger charge is 2.36. The first kappa shape index (κ1) is 15.1. The molecule has 0 saturated carbocycles. The minimum atomic E-state index is -4.76. The van der Waals surface area contributed by atoms with E-state index < -0.39 is 18.4 Å². The Hall–Kier alpha value is -2.25. The molecule has 21 heavy (non-hydrogen) atoms. The van der Waals surface area contributed by atoms with E-state index in [9.17, 15) is 22.8 Å². The van der Waals surface area contributed by atoms with Gasteiger partial charge in [0.1, 0.15) is 11.8 Å². The summed E-state index contributed by atoms with van der Waals surface area (Å²) in [6.45, 7) is 0.0437. The highest BCUT2D eigenvalue weighted by molar-refractivity contribution is 5.87. The van der Waals surface area contributed by atoms with Crippen molar-refractivity contribution in [3.63, 3.8) is 0 Å². The van der Waals surface area contributed by atoms with Gasteiger partial charge in [-0.1, -0.05) is 12.1 Å². The summed E-state index contributed by atoms with van der Waals surface area (Å²) < 4.78 is 39.8. The van der Waals surface area contributed by atoms with E-state index in [-0.39, 0.29) is 31.0 Å². The number of carboxylic acid groups (broad SMARTS) is 1. The summed E-state index contributed by atoms with van der Waals surface area (Å²) in [5.74, 6) is -1.73. The fraction of sp³-hybridized carbons (Fsp3) is 0.385. The molecule has 2 rings (SSSR count). The zero-order valence-electron chi connectivity index (χ0n) is 10.8. The van der Waals surface area contributed by atoms with Crippen LogP contribution < -0.4 is 4.74 Å². The molecule has 0 aromatic heterocycles. The van der Waals surface area contributed by atoms with Crippen LogP contribution in [0.1, 0.15) is 18.4 Å². The first-order chi connectivity index (χ1) is 9.76. The predicted molar refractivity (Wildman–Crippen MR) is 64.3 cm³/mol. The van der Waals surface area contributed by atoms with Gasteiger partial charge in [0, 0.05) is 13.0 Å². The van der Waals surface area contributed by atoms with Crippen LogP contribution in [0.2, 0.25) is 0 Å². The predicted octanol–water partition coefficient (Wildman–Crippen LogP) is 2.16. The van der Waals surface area contributed by atoms with Crippen LogP contribution in [0.5, 0.6) is 5.75 Å². The van der Waals surface area contributed by atoms with Gasteiger partial charge in [0.2, 0.25) is 5.91 Å². The highest BCUT2D eigenvalue weighted by Crippen LogP contribution is 2.25. The summed E-state index contributed by atoms with van der Waals surface area (Å²) in [7, 11) is 0. The van der Waals surface area contributed by atoms with Gasteiger partial charge in [-0.3, -0.25) is 4.79 Å². The smallest absolute Gasteiger partial charge is 0.480 e. The Morgan fingerprint density at radius 1 is 1.33 bits per heavy atom. The van der Waals surface area contributed by atoms with Crippen molar-refractivity contribution < 1.29 is 32.6 Å². The van der Waals surface area contributed by atoms with E-state index in [0.717, 1.165) is 12.1 Å². The second kappa shape index (κ2) is 5.63. The number of hydrogen-bond donors (Lipinski definition) is 1. The molecule has 1 aliphatic rings. The lowest BCUT2D eigenvalue weighted by atomic mass is 10.2. The van der Waals surface area contributed by atoms with Gasteiger partial charge in [-0.25, -0.2) is 4.79 Å². The molecule has 0 aliphatic carbocycles. The van der Waals surface area contributed by atoms with Gasteiger partial charge in [0.15, 0.2) is 0 Å². The van der Waals surface area contributed by atoms with Crippen molar-refractivity contribution in [1.29, 1.82) is 0 Å². The molecular weight excluding hydrogens is 291 g/mol. The van der Waals surface area contributed by atoms with E-state index in [4.69, 9.17) is 5.11 Å². The number of amides is 1. The Bertz CT molecular complexity index is 541. The topological polar surface area (TPSA) is 66.8 Å². The van der Waals surface area contributed by atoms with Gasteiger partial charge in [-0.2, -0.15) is 0 Å². The third-order valence-corrected chi connectivity index (χ3v) is 3.12. The van der Waals surface area contributed by atoms with Gasteiger partial charge in [-0.15, -0.1) is 13.2 Å². The fourth-order valence-corrected chi connectivity index (χ4v) is 2.18. The molecule has 1 heterocycles. The lowest BCUT2D eigenvalue weighted by Gasteiger charge is -2.21. The number of halogens is 3. The van der Waals surface area contributed by atoms with Crippen molar-refractivity contribution in [1.82, 2.24) is 4.90 Å². The van der Waals surface area contributed by atoms with E-state index >= 15 is 0 Å². The molecule has 5 nitrogen and oxygen atoms in total. The maximum absolute atomic E-state index is 12.0. The van der Waals surface area contributed by atoms with E-state index in [0.29, 0.717) is 5.56 Å². The third kappa shape index (κ3) is 3.87. The Morgan fingerprint density at radius 3 is 2.48 bits per heavy atom. The first-order valence-electron chi connectivity index (χ1n) is 6.13. The summed E-state index contributed by atoms with van der Waals surface area (Å²) in [4.78, 5) is 23.9. The maximum atomic E-state index is 12.0. The lowest BCUT2D eigenvalue weighted by molar-refractivity contribution is -0.274. The summed E-state index contributed by atoms with van der Waals surface area (Å²) in [6.07, 6.45) is -4.36. The van der Waals surface area contributed by atoms with Crippen LogP contribution in [-0.2, 0) is 16.1 Å². The zero-order chi connectivity index (χ0) is 15.6. The Morgan fingerprint density at radius 2 is 1.95 bits per heavy atom. The first-order valence-corrected chi connectivity index (χ1v) is 6.13. The van der Waals surface area contributed by atoms with Gasteiger partial charge in [0.25, 0.3) is 0 Å². The van der Waals surface area contributed by atoms with Crippen LogP contribution in [-0.4, -0.2) is 34.3 Å². The normalized spacial score (nSPS) is 18.9. The minimum absolute atomic E-state index is 0.0437. The summed E-state index contributed by atoms with van der Waals surface area (Å²) in [6, 6.07) is 4.10. The summed E-state index contributed by atoms with van der Waals surface area (Å²) in [5, 5.41) is 9.01. The molecule has 1 aromatic carbocycles.